The number of hydrogen-bond donors (Lipinski definition) is 2. The molecular formula is C16H15N3O2S. The molecule has 5 nitrogen and oxygen atoms in total. The van der Waals surface area contributed by atoms with Gasteiger partial charge in [-0.2, -0.15) is 0 Å². The predicted molar refractivity (Wildman–Crippen MR) is 88.3 cm³/mol. The van der Waals surface area contributed by atoms with Crippen LogP contribution >= 0.6 is 11.3 Å². The van der Waals surface area contributed by atoms with Crippen molar-refractivity contribution in [2.75, 3.05) is 0 Å². The molecule has 0 aliphatic heterocycles. The van der Waals surface area contributed by atoms with Crippen LogP contribution in [0.5, 0.6) is 0 Å². The fraction of sp³-hybridized carbons (Fsp3) is 0.188. The number of carbonyl (C=O) groups excluding carboxylic acids is 1. The molecule has 0 bridgehead atoms. The topological polar surface area (TPSA) is 88.8 Å². The fourth-order valence-corrected chi connectivity index (χ4v) is 3.45. The molecule has 0 atom stereocenters. The maximum absolute atomic E-state index is 12.4. The highest BCUT2D eigenvalue weighted by atomic mass is 32.1. The van der Waals surface area contributed by atoms with Crippen molar-refractivity contribution in [2.24, 2.45) is 5.73 Å². The molecular weight excluding hydrogens is 298 g/mol. The summed E-state index contributed by atoms with van der Waals surface area (Å²) >= 11 is 1.45. The highest BCUT2D eigenvalue weighted by Gasteiger charge is 2.14. The summed E-state index contributed by atoms with van der Waals surface area (Å²) in [4.78, 5) is 31.7. The molecule has 2 aromatic heterocycles. The Labute approximate surface area is 130 Å². The molecule has 3 aromatic rings. The van der Waals surface area contributed by atoms with Crippen LogP contribution in [0.2, 0.25) is 0 Å². The zero-order chi connectivity index (χ0) is 15.9. The summed E-state index contributed by atoms with van der Waals surface area (Å²) in [6.07, 6.45) is 0. The van der Waals surface area contributed by atoms with Crippen molar-refractivity contribution in [3.63, 3.8) is 0 Å². The van der Waals surface area contributed by atoms with E-state index in [1.54, 1.807) is 24.3 Å². The van der Waals surface area contributed by atoms with E-state index in [9.17, 15) is 9.59 Å². The zero-order valence-electron chi connectivity index (χ0n) is 12.2. The van der Waals surface area contributed by atoms with Crippen LogP contribution in [-0.4, -0.2) is 15.9 Å². The van der Waals surface area contributed by atoms with Crippen molar-refractivity contribution in [3.05, 3.63) is 51.1 Å². The number of benzene rings is 1. The summed E-state index contributed by atoms with van der Waals surface area (Å²) in [6, 6.07) is 6.76. The van der Waals surface area contributed by atoms with Crippen LogP contribution in [0.25, 0.3) is 21.6 Å². The number of thiophene rings is 1. The van der Waals surface area contributed by atoms with Gasteiger partial charge in [-0.05, 0) is 29.0 Å². The van der Waals surface area contributed by atoms with Gasteiger partial charge in [0.05, 0.1) is 5.39 Å². The number of amides is 1. The quantitative estimate of drug-likeness (QED) is 0.779. The average Bonchev–Trinajstić information content (AvgIpc) is 2.92. The van der Waals surface area contributed by atoms with Crippen LogP contribution in [0.15, 0.2) is 34.4 Å². The largest absolute Gasteiger partial charge is 0.366 e. The molecule has 0 radical (unpaired) electrons. The summed E-state index contributed by atoms with van der Waals surface area (Å²) in [5.41, 5.74) is 7.18. The monoisotopic (exact) mass is 313 g/mol. The molecule has 0 saturated carbocycles. The molecule has 0 fully saturated rings. The first-order chi connectivity index (χ1) is 10.5. The van der Waals surface area contributed by atoms with Gasteiger partial charge in [0.2, 0.25) is 5.91 Å². The first kappa shape index (κ1) is 14.5. The minimum absolute atomic E-state index is 0.158. The van der Waals surface area contributed by atoms with E-state index >= 15 is 0 Å². The fourth-order valence-electron chi connectivity index (χ4n) is 2.35. The first-order valence-corrected chi connectivity index (χ1v) is 7.77. The van der Waals surface area contributed by atoms with Crippen molar-refractivity contribution < 1.29 is 4.79 Å². The van der Waals surface area contributed by atoms with Gasteiger partial charge < -0.3 is 10.7 Å². The van der Waals surface area contributed by atoms with E-state index < -0.39 is 5.91 Å². The van der Waals surface area contributed by atoms with Gasteiger partial charge in [0.1, 0.15) is 10.7 Å². The number of H-pyrrole nitrogens is 1. The standard InChI is InChI=1S/C16H15N3O2S/c1-8(2)11-7-22-16-12(11)15(21)18-14(19-16)10-5-3-4-9(6-10)13(17)20/h3-8H,1-2H3,(H2,17,20)(H,18,19,21). The van der Waals surface area contributed by atoms with Gasteiger partial charge in [-0.1, -0.05) is 26.0 Å². The summed E-state index contributed by atoms with van der Waals surface area (Å²) < 4.78 is 0. The van der Waals surface area contributed by atoms with Crippen molar-refractivity contribution in [1.29, 1.82) is 0 Å². The molecule has 6 heteroatoms. The van der Waals surface area contributed by atoms with Crippen LogP contribution in [0, 0.1) is 0 Å². The van der Waals surface area contributed by atoms with Gasteiger partial charge in [0.25, 0.3) is 5.56 Å². The van der Waals surface area contributed by atoms with E-state index in [1.807, 2.05) is 19.2 Å². The number of aromatic amines is 1. The first-order valence-electron chi connectivity index (χ1n) is 6.89. The normalized spacial score (nSPS) is 11.2. The molecule has 112 valence electrons. The molecule has 0 saturated heterocycles. The summed E-state index contributed by atoms with van der Waals surface area (Å²) in [5.74, 6) is 0.196. The Hall–Kier alpha value is -2.47. The molecule has 0 aliphatic carbocycles. The number of primary amides is 1. The number of fused-ring (bicyclic) bond motifs is 1. The smallest absolute Gasteiger partial charge is 0.260 e. The van der Waals surface area contributed by atoms with Gasteiger partial charge in [0.15, 0.2) is 0 Å². The van der Waals surface area contributed by atoms with E-state index in [0.717, 1.165) is 5.56 Å². The number of nitrogens with zero attached hydrogens (tertiary/aromatic N) is 1. The highest BCUT2D eigenvalue weighted by molar-refractivity contribution is 7.16. The molecule has 0 spiro atoms. The molecule has 3 N–H and O–H groups in total. The van der Waals surface area contributed by atoms with Crippen LogP contribution in [0.3, 0.4) is 0 Å². The van der Waals surface area contributed by atoms with E-state index in [2.05, 4.69) is 9.97 Å². The lowest BCUT2D eigenvalue weighted by Gasteiger charge is -2.05. The SMILES string of the molecule is CC(C)c1csc2nc(-c3cccc(C(N)=O)c3)[nH]c(=O)c12. The van der Waals surface area contributed by atoms with Crippen molar-refractivity contribution in [3.8, 4) is 11.4 Å². The molecule has 2 heterocycles. The third-order valence-corrected chi connectivity index (χ3v) is 4.41. The number of rotatable bonds is 3. The van der Waals surface area contributed by atoms with Crippen LogP contribution in [0.4, 0.5) is 0 Å². The van der Waals surface area contributed by atoms with Gasteiger partial charge in [0, 0.05) is 11.1 Å². The summed E-state index contributed by atoms with van der Waals surface area (Å²) in [5, 5.41) is 2.62. The van der Waals surface area contributed by atoms with E-state index in [4.69, 9.17) is 5.73 Å². The van der Waals surface area contributed by atoms with Crippen molar-refractivity contribution in [2.45, 2.75) is 19.8 Å². The number of carbonyl (C=O) groups is 1. The molecule has 22 heavy (non-hydrogen) atoms. The molecule has 3 rings (SSSR count). The highest BCUT2D eigenvalue weighted by Crippen LogP contribution is 2.28. The number of aromatic nitrogens is 2. The lowest BCUT2D eigenvalue weighted by molar-refractivity contribution is 0.100. The maximum Gasteiger partial charge on any atom is 0.260 e. The Morgan fingerprint density at radius 2 is 2.14 bits per heavy atom. The van der Waals surface area contributed by atoms with Crippen molar-refractivity contribution in [1.82, 2.24) is 9.97 Å². The molecule has 1 aromatic carbocycles. The third kappa shape index (κ3) is 2.42. The van der Waals surface area contributed by atoms with Crippen LogP contribution in [0.1, 0.15) is 35.7 Å². The lowest BCUT2D eigenvalue weighted by atomic mass is 10.0. The minimum atomic E-state index is -0.511. The van der Waals surface area contributed by atoms with Gasteiger partial charge in [-0.3, -0.25) is 9.59 Å². The average molecular weight is 313 g/mol. The lowest BCUT2D eigenvalue weighted by Crippen LogP contribution is -2.12. The van der Waals surface area contributed by atoms with E-state index in [0.29, 0.717) is 27.2 Å². The predicted octanol–water partition coefficient (Wildman–Crippen LogP) is 2.87. The molecule has 0 aliphatic rings. The summed E-state index contributed by atoms with van der Waals surface area (Å²) in [7, 11) is 0. The Kier molecular flexibility index (Phi) is 3.54. The summed E-state index contributed by atoms with van der Waals surface area (Å²) in [6.45, 7) is 4.09. The zero-order valence-corrected chi connectivity index (χ0v) is 13.0. The van der Waals surface area contributed by atoms with Crippen LogP contribution < -0.4 is 11.3 Å². The van der Waals surface area contributed by atoms with Gasteiger partial charge in [-0.25, -0.2) is 4.98 Å². The Morgan fingerprint density at radius 3 is 2.82 bits per heavy atom. The number of nitrogens with two attached hydrogens (primary N) is 1. The van der Waals surface area contributed by atoms with Gasteiger partial charge >= 0.3 is 0 Å². The van der Waals surface area contributed by atoms with Gasteiger partial charge in [-0.15, -0.1) is 11.3 Å². The second-order valence-electron chi connectivity index (χ2n) is 5.39. The number of hydrogen-bond acceptors (Lipinski definition) is 4. The number of nitrogens with one attached hydrogen (secondary N) is 1. The van der Waals surface area contributed by atoms with E-state index in [-0.39, 0.29) is 11.5 Å². The maximum atomic E-state index is 12.4. The second-order valence-corrected chi connectivity index (χ2v) is 6.24. The third-order valence-electron chi connectivity index (χ3n) is 3.51. The second kappa shape index (κ2) is 5.38. The Balaban J connectivity index is 2.19. The molecule has 1 amide bonds. The van der Waals surface area contributed by atoms with Crippen molar-refractivity contribution >= 4 is 27.5 Å². The van der Waals surface area contributed by atoms with E-state index in [1.165, 1.54) is 11.3 Å². The molecule has 0 unspecified atom stereocenters. The Bertz CT molecular complexity index is 925. The Morgan fingerprint density at radius 1 is 1.36 bits per heavy atom. The van der Waals surface area contributed by atoms with Crippen LogP contribution in [-0.2, 0) is 0 Å². The minimum Gasteiger partial charge on any atom is -0.366 e.